The first-order valence-corrected chi connectivity index (χ1v) is 6.44. The van der Waals surface area contributed by atoms with Crippen LogP contribution in [-0.2, 0) is 6.54 Å². The van der Waals surface area contributed by atoms with Crippen LogP contribution in [0.5, 0.6) is 0 Å². The van der Waals surface area contributed by atoms with Gasteiger partial charge in [-0.1, -0.05) is 18.2 Å². The van der Waals surface area contributed by atoms with Crippen LogP contribution in [-0.4, -0.2) is 9.55 Å². The molecule has 3 aromatic rings. The van der Waals surface area contributed by atoms with E-state index in [4.69, 9.17) is 5.73 Å². The van der Waals surface area contributed by atoms with E-state index in [-0.39, 0.29) is 0 Å². The Kier molecular flexibility index (Phi) is 2.84. The average Bonchev–Trinajstić information content (AvgIpc) is 2.73. The molecule has 2 heterocycles. The largest absolute Gasteiger partial charge is 0.326 e. The molecule has 3 heteroatoms. The lowest BCUT2D eigenvalue weighted by molar-refractivity contribution is 0.947. The predicted octanol–water partition coefficient (Wildman–Crippen LogP) is 3.10. The van der Waals surface area contributed by atoms with Gasteiger partial charge < -0.3 is 10.3 Å². The van der Waals surface area contributed by atoms with E-state index in [0.717, 1.165) is 16.6 Å². The van der Waals surface area contributed by atoms with Crippen LogP contribution >= 0.6 is 0 Å². The SMILES string of the molecule is Cc1cc(CN)c(C)n1-c1cccc2cccnc12. The quantitative estimate of drug-likeness (QED) is 0.760. The monoisotopic (exact) mass is 251 g/mol. The molecule has 0 radical (unpaired) electrons. The van der Waals surface area contributed by atoms with Gasteiger partial charge in [0.15, 0.2) is 0 Å². The Bertz CT molecular complexity index is 736. The Morgan fingerprint density at radius 2 is 1.95 bits per heavy atom. The molecule has 0 amide bonds. The summed E-state index contributed by atoms with van der Waals surface area (Å²) in [7, 11) is 0. The van der Waals surface area contributed by atoms with Crippen LogP contribution in [0.2, 0.25) is 0 Å². The lowest BCUT2D eigenvalue weighted by atomic mass is 10.2. The zero-order valence-corrected chi connectivity index (χ0v) is 11.2. The van der Waals surface area contributed by atoms with Gasteiger partial charge in [0.1, 0.15) is 0 Å². The highest BCUT2D eigenvalue weighted by molar-refractivity contribution is 5.86. The predicted molar refractivity (Wildman–Crippen MR) is 78.4 cm³/mol. The fourth-order valence-electron chi connectivity index (χ4n) is 2.68. The maximum Gasteiger partial charge on any atom is 0.0942 e. The first kappa shape index (κ1) is 11.9. The maximum atomic E-state index is 5.79. The van der Waals surface area contributed by atoms with Gasteiger partial charge in [0, 0.05) is 29.5 Å². The number of hydrogen-bond donors (Lipinski definition) is 1. The topological polar surface area (TPSA) is 43.8 Å². The van der Waals surface area contributed by atoms with Gasteiger partial charge in [0.25, 0.3) is 0 Å². The van der Waals surface area contributed by atoms with Gasteiger partial charge in [-0.15, -0.1) is 0 Å². The molecule has 0 aliphatic rings. The number of para-hydroxylation sites is 1. The Hall–Kier alpha value is -2.13. The lowest BCUT2D eigenvalue weighted by Gasteiger charge is -2.12. The number of nitrogens with two attached hydrogens (primary N) is 1. The van der Waals surface area contributed by atoms with Crippen LogP contribution in [0.1, 0.15) is 17.0 Å². The van der Waals surface area contributed by atoms with Crippen molar-refractivity contribution in [1.82, 2.24) is 9.55 Å². The summed E-state index contributed by atoms with van der Waals surface area (Å²) in [6.07, 6.45) is 1.84. The number of benzene rings is 1. The van der Waals surface area contributed by atoms with Gasteiger partial charge >= 0.3 is 0 Å². The van der Waals surface area contributed by atoms with E-state index in [0.29, 0.717) is 6.54 Å². The van der Waals surface area contributed by atoms with Crippen molar-refractivity contribution >= 4 is 10.9 Å². The molecule has 0 bridgehead atoms. The molecule has 0 spiro atoms. The van der Waals surface area contributed by atoms with Crippen LogP contribution in [0, 0.1) is 13.8 Å². The molecule has 2 N–H and O–H groups in total. The standard InChI is InChI=1S/C16H17N3/c1-11-9-14(10-17)12(2)19(11)15-7-3-5-13-6-4-8-18-16(13)15/h3-9H,10,17H2,1-2H3. The number of nitrogens with zero attached hydrogens (tertiary/aromatic N) is 2. The molecule has 0 saturated heterocycles. The van der Waals surface area contributed by atoms with Crippen molar-refractivity contribution in [3.8, 4) is 5.69 Å². The average molecular weight is 251 g/mol. The van der Waals surface area contributed by atoms with Crippen LogP contribution in [0.25, 0.3) is 16.6 Å². The smallest absolute Gasteiger partial charge is 0.0942 e. The van der Waals surface area contributed by atoms with Gasteiger partial charge in [-0.05, 0) is 37.6 Å². The lowest BCUT2D eigenvalue weighted by Crippen LogP contribution is -2.03. The van der Waals surface area contributed by atoms with E-state index < -0.39 is 0 Å². The summed E-state index contributed by atoms with van der Waals surface area (Å²) in [5.74, 6) is 0. The molecule has 3 rings (SSSR count). The second-order valence-electron chi connectivity index (χ2n) is 4.79. The highest BCUT2D eigenvalue weighted by atomic mass is 15.0. The Balaban J connectivity index is 2.34. The highest BCUT2D eigenvalue weighted by Gasteiger charge is 2.12. The summed E-state index contributed by atoms with van der Waals surface area (Å²) < 4.78 is 2.23. The molecule has 19 heavy (non-hydrogen) atoms. The van der Waals surface area contributed by atoms with Crippen LogP contribution in [0.3, 0.4) is 0 Å². The molecule has 0 atom stereocenters. The van der Waals surface area contributed by atoms with E-state index >= 15 is 0 Å². The summed E-state index contributed by atoms with van der Waals surface area (Å²) in [5, 5.41) is 1.15. The summed E-state index contributed by atoms with van der Waals surface area (Å²) in [4.78, 5) is 4.52. The van der Waals surface area contributed by atoms with Gasteiger partial charge in [-0.3, -0.25) is 4.98 Å². The van der Waals surface area contributed by atoms with Crippen molar-refractivity contribution in [3.63, 3.8) is 0 Å². The number of fused-ring (bicyclic) bond motifs is 1. The molecule has 0 aliphatic heterocycles. The fraction of sp³-hybridized carbons (Fsp3) is 0.188. The third kappa shape index (κ3) is 1.83. The fourth-order valence-corrected chi connectivity index (χ4v) is 2.68. The minimum atomic E-state index is 0.567. The first-order valence-electron chi connectivity index (χ1n) is 6.44. The zero-order chi connectivity index (χ0) is 13.4. The third-order valence-electron chi connectivity index (χ3n) is 3.61. The van der Waals surface area contributed by atoms with Crippen LogP contribution in [0.15, 0.2) is 42.6 Å². The molecule has 0 aliphatic carbocycles. The zero-order valence-electron chi connectivity index (χ0n) is 11.2. The van der Waals surface area contributed by atoms with Crippen LogP contribution < -0.4 is 5.73 Å². The van der Waals surface area contributed by atoms with Crippen molar-refractivity contribution < 1.29 is 0 Å². The van der Waals surface area contributed by atoms with Crippen LogP contribution in [0.4, 0.5) is 0 Å². The summed E-state index contributed by atoms with van der Waals surface area (Å²) in [6, 6.07) is 12.5. The second-order valence-corrected chi connectivity index (χ2v) is 4.79. The molecular formula is C16H17N3. The molecule has 0 unspecified atom stereocenters. The highest BCUT2D eigenvalue weighted by Crippen LogP contribution is 2.25. The number of pyridine rings is 1. The van der Waals surface area contributed by atoms with E-state index in [2.05, 4.69) is 53.7 Å². The number of rotatable bonds is 2. The van der Waals surface area contributed by atoms with Gasteiger partial charge in [-0.2, -0.15) is 0 Å². The molecule has 0 fully saturated rings. The minimum Gasteiger partial charge on any atom is -0.326 e. The Morgan fingerprint density at radius 3 is 2.68 bits per heavy atom. The van der Waals surface area contributed by atoms with Crippen molar-refractivity contribution in [1.29, 1.82) is 0 Å². The first-order chi connectivity index (χ1) is 9.22. The van der Waals surface area contributed by atoms with E-state index in [9.17, 15) is 0 Å². The van der Waals surface area contributed by atoms with E-state index in [1.54, 1.807) is 0 Å². The molecular weight excluding hydrogens is 234 g/mol. The number of aryl methyl sites for hydroxylation is 1. The second kappa shape index (κ2) is 4.52. The van der Waals surface area contributed by atoms with Crippen molar-refractivity contribution in [2.24, 2.45) is 5.73 Å². The van der Waals surface area contributed by atoms with Gasteiger partial charge in [-0.25, -0.2) is 0 Å². The van der Waals surface area contributed by atoms with E-state index in [1.807, 2.05) is 12.3 Å². The Labute approximate surface area is 112 Å². The normalized spacial score (nSPS) is 11.1. The van der Waals surface area contributed by atoms with Crippen molar-refractivity contribution in [3.05, 3.63) is 59.5 Å². The van der Waals surface area contributed by atoms with Gasteiger partial charge in [0.05, 0.1) is 11.2 Å². The number of hydrogen-bond acceptors (Lipinski definition) is 2. The van der Waals surface area contributed by atoms with Crippen molar-refractivity contribution in [2.75, 3.05) is 0 Å². The molecule has 3 nitrogen and oxygen atoms in total. The minimum absolute atomic E-state index is 0.567. The Morgan fingerprint density at radius 1 is 1.16 bits per heavy atom. The maximum absolute atomic E-state index is 5.79. The van der Waals surface area contributed by atoms with E-state index in [1.165, 1.54) is 17.0 Å². The van der Waals surface area contributed by atoms with Gasteiger partial charge in [0.2, 0.25) is 0 Å². The molecule has 1 aromatic carbocycles. The van der Waals surface area contributed by atoms with Crippen molar-refractivity contribution in [2.45, 2.75) is 20.4 Å². The molecule has 96 valence electrons. The third-order valence-corrected chi connectivity index (χ3v) is 3.61. The number of aromatic nitrogens is 2. The summed E-state index contributed by atoms with van der Waals surface area (Å²) in [5.41, 5.74) is 11.5. The molecule has 2 aromatic heterocycles. The summed E-state index contributed by atoms with van der Waals surface area (Å²) in [6.45, 7) is 4.78. The summed E-state index contributed by atoms with van der Waals surface area (Å²) >= 11 is 0. The molecule has 0 saturated carbocycles.